The average molecular weight is 249 g/mol. The second-order valence-electron chi connectivity index (χ2n) is 6.78. The first-order chi connectivity index (χ1) is 7.71. The third kappa shape index (κ3) is 4.64. The zero-order chi connectivity index (χ0) is 13.1. The van der Waals surface area contributed by atoms with Gasteiger partial charge in [0.2, 0.25) is 9.76 Å². The van der Waals surface area contributed by atoms with E-state index in [2.05, 4.69) is 65.8 Å². The number of hydrogen-bond donors (Lipinski definition) is 0. The molecule has 1 aromatic carbocycles. The first-order valence-corrected chi connectivity index (χ1v) is 7.30. The predicted octanol–water partition coefficient (Wildman–Crippen LogP) is 3.14. The summed E-state index contributed by atoms with van der Waals surface area (Å²) >= 11 is 0. The molecule has 0 bridgehead atoms. The van der Waals surface area contributed by atoms with E-state index in [0.29, 0.717) is 0 Å². The average Bonchev–Trinajstić information content (AvgIpc) is 2.15. The van der Waals surface area contributed by atoms with Crippen molar-refractivity contribution < 1.29 is 4.43 Å². The minimum absolute atomic E-state index is 0.0933. The Morgan fingerprint density at radius 2 is 1.35 bits per heavy atom. The van der Waals surface area contributed by atoms with Crippen molar-refractivity contribution in [2.45, 2.75) is 47.6 Å². The Bertz CT molecular complexity index is 318. The van der Waals surface area contributed by atoms with Crippen LogP contribution in [0.5, 0.6) is 0 Å². The molecule has 0 aliphatic rings. The van der Waals surface area contributed by atoms with Gasteiger partial charge in [-0.15, -0.1) is 0 Å². The van der Waals surface area contributed by atoms with Gasteiger partial charge in [0.05, 0.1) is 6.10 Å². The Hall–Kier alpha value is -0.603. The van der Waals surface area contributed by atoms with E-state index < -0.39 is 0 Å². The molecule has 0 spiro atoms. The van der Waals surface area contributed by atoms with Crippen LogP contribution in [0, 0.1) is 10.8 Å². The molecule has 0 saturated carbocycles. The second kappa shape index (κ2) is 5.36. The molecule has 2 heteroatoms. The van der Waals surface area contributed by atoms with Crippen molar-refractivity contribution in [3.63, 3.8) is 0 Å². The zero-order valence-corrected chi connectivity index (χ0v) is 13.1. The fraction of sp³-hybridized carbons (Fsp3) is 0.600. The highest BCUT2D eigenvalue weighted by molar-refractivity contribution is 6.46. The van der Waals surface area contributed by atoms with Gasteiger partial charge in [0.25, 0.3) is 0 Å². The molecule has 1 aromatic rings. The van der Waals surface area contributed by atoms with Gasteiger partial charge >= 0.3 is 0 Å². The Balaban J connectivity index is 2.70. The lowest BCUT2D eigenvalue weighted by atomic mass is 9.74. The van der Waals surface area contributed by atoms with Crippen LogP contribution in [0.25, 0.3) is 0 Å². The fourth-order valence-corrected chi connectivity index (χ4v) is 3.87. The summed E-state index contributed by atoms with van der Waals surface area (Å²) in [5, 5.41) is 1.33. The van der Waals surface area contributed by atoms with Gasteiger partial charge in [0.15, 0.2) is 0 Å². The monoisotopic (exact) mass is 249 g/mol. The van der Waals surface area contributed by atoms with Crippen molar-refractivity contribution >= 4 is 14.9 Å². The van der Waals surface area contributed by atoms with Crippen LogP contribution in [0.15, 0.2) is 30.3 Å². The highest BCUT2D eigenvalue weighted by atomic mass is 28.2. The fourth-order valence-electron chi connectivity index (χ4n) is 2.39. The minimum atomic E-state index is -0.0933. The zero-order valence-electron chi connectivity index (χ0n) is 11.9. The lowest BCUT2D eigenvalue weighted by Crippen LogP contribution is -2.43. The molecule has 1 rings (SSSR count). The lowest BCUT2D eigenvalue weighted by molar-refractivity contribution is 0.00183. The molecule has 0 N–H and O–H groups in total. The van der Waals surface area contributed by atoms with Crippen molar-refractivity contribution in [3.8, 4) is 0 Å². The van der Waals surface area contributed by atoms with Gasteiger partial charge in [0.1, 0.15) is 0 Å². The van der Waals surface area contributed by atoms with Crippen LogP contribution in [-0.4, -0.2) is 15.9 Å². The van der Waals surface area contributed by atoms with Crippen molar-refractivity contribution in [2.75, 3.05) is 0 Å². The quantitative estimate of drug-likeness (QED) is 0.748. The third-order valence-corrected chi connectivity index (χ3v) is 3.78. The standard InChI is InChI=1S/C15H25OSi/c1-14(2,3)13(15(4,5)6)16-17-12-10-8-7-9-11-12/h7-11,13,17H,1-6H3. The molecule has 17 heavy (non-hydrogen) atoms. The maximum Gasteiger partial charge on any atom is 0.228 e. The molecule has 0 fully saturated rings. The molecule has 0 heterocycles. The van der Waals surface area contributed by atoms with Gasteiger partial charge in [-0.05, 0) is 16.0 Å². The molecular weight excluding hydrogens is 224 g/mol. The topological polar surface area (TPSA) is 9.23 Å². The lowest BCUT2D eigenvalue weighted by Gasteiger charge is -2.40. The Kier molecular flexibility index (Phi) is 4.56. The summed E-state index contributed by atoms with van der Waals surface area (Å²) in [6, 6.07) is 10.5. The number of benzene rings is 1. The second-order valence-corrected chi connectivity index (χ2v) is 7.95. The molecule has 0 aliphatic carbocycles. The molecule has 95 valence electrons. The van der Waals surface area contributed by atoms with Crippen molar-refractivity contribution in [2.24, 2.45) is 10.8 Å². The summed E-state index contributed by atoms with van der Waals surface area (Å²) in [7, 11) is -0.0933. The van der Waals surface area contributed by atoms with Gasteiger partial charge in [-0.3, -0.25) is 0 Å². The maximum absolute atomic E-state index is 6.24. The highest BCUT2D eigenvalue weighted by Gasteiger charge is 2.35. The van der Waals surface area contributed by atoms with Crippen LogP contribution in [0.3, 0.4) is 0 Å². The van der Waals surface area contributed by atoms with Crippen LogP contribution in [0.1, 0.15) is 41.5 Å². The summed E-state index contributed by atoms with van der Waals surface area (Å²) in [4.78, 5) is 0. The van der Waals surface area contributed by atoms with E-state index in [1.54, 1.807) is 0 Å². The first-order valence-electron chi connectivity index (χ1n) is 6.25. The normalized spacial score (nSPS) is 13.1. The third-order valence-electron chi connectivity index (χ3n) is 2.71. The Morgan fingerprint density at radius 3 is 1.76 bits per heavy atom. The molecule has 1 nitrogen and oxygen atoms in total. The number of hydrogen-bond acceptors (Lipinski definition) is 1. The van der Waals surface area contributed by atoms with E-state index in [4.69, 9.17) is 4.43 Å². The van der Waals surface area contributed by atoms with E-state index in [9.17, 15) is 0 Å². The van der Waals surface area contributed by atoms with Crippen LogP contribution in [0.4, 0.5) is 0 Å². The van der Waals surface area contributed by atoms with E-state index in [0.717, 1.165) is 0 Å². The largest absolute Gasteiger partial charge is 0.411 e. The maximum atomic E-state index is 6.24. The van der Waals surface area contributed by atoms with E-state index >= 15 is 0 Å². The number of rotatable bonds is 3. The molecular formula is C15H25OSi. The van der Waals surface area contributed by atoms with Gasteiger partial charge in [-0.1, -0.05) is 71.9 Å². The first kappa shape index (κ1) is 14.5. The van der Waals surface area contributed by atoms with Gasteiger partial charge in [-0.2, -0.15) is 0 Å². The van der Waals surface area contributed by atoms with Gasteiger partial charge in [0, 0.05) is 0 Å². The Labute approximate surface area is 109 Å². The smallest absolute Gasteiger partial charge is 0.228 e. The van der Waals surface area contributed by atoms with Crippen molar-refractivity contribution in [1.82, 2.24) is 0 Å². The summed E-state index contributed by atoms with van der Waals surface area (Å²) in [6.07, 6.45) is 0.283. The van der Waals surface area contributed by atoms with E-state index in [1.807, 2.05) is 6.07 Å². The van der Waals surface area contributed by atoms with Gasteiger partial charge < -0.3 is 4.43 Å². The van der Waals surface area contributed by atoms with Gasteiger partial charge in [-0.25, -0.2) is 0 Å². The molecule has 0 unspecified atom stereocenters. The molecule has 1 radical (unpaired) electrons. The van der Waals surface area contributed by atoms with Crippen LogP contribution in [0.2, 0.25) is 0 Å². The molecule has 0 aliphatic heterocycles. The van der Waals surface area contributed by atoms with Crippen LogP contribution < -0.4 is 5.19 Å². The summed E-state index contributed by atoms with van der Waals surface area (Å²) in [6.45, 7) is 13.5. The van der Waals surface area contributed by atoms with Crippen molar-refractivity contribution in [1.29, 1.82) is 0 Å². The molecule has 0 saturated heterocycles. The summed E-state index contributed by atoms with van der Waals surface area (Å²) < 4.78 is 6.24. The minimum Gasteiger partial charge on any atom is -0.411 e. The molecule has 0 atom stereocenters. The van der Waals surface area contributed by atoms with E-state index in [1.165, 1.54) is 5.19 Å². The SMILES string of the molecule is CC(C)(C)C(O[SiH]c1ccccc1)C(C)(C)C. The van der Waals surface area contributed by atoms with Crippen LogP contribution in [-0.2, 0) is 4.43 Å². The Morgan fingerprint density at radius 1 is 0.882 bits per heavy atom. The summed E-state index contributed by atoms with van der Waals surface area (Å²) in [5.41, 5.74) is 0.361. The predicted molar refractivity (Wildman–Crippen MR) is 77.0 cm³/mol. The van der Waals surface area contributed by atoms with Crippen molar-refractivity contribution in [3.05, 3.63) is 30.3 Å². The van der Waals surface area contributed by atoms with E-state index in [-0.39, 0.29) is 26.7 Å². The highest BCUT2D eigenvalue weighted by Crippen LogP contribution is 2.35. The molecule has 0 aromatic heterocycles. The molecule has 0 amide bonds. The summed E-state index contributed by atoms with van der Waals surface area (Å²) in [5.74, 6) is 0. The van der Waals surface area contributed by atoms with Crippen LogP contribution >= 0.6 is 0 Å².